The minimum Gasteiger partial charge on any atom is -0.508 e. The maximum Gasteiger partial charge on any atom is 0.178 e. The Balaban J connectivity index is 3.13. The van der Waals surface area contributed by atoms with Gasteiger partial charge in [0.15, 0.2) is 5.78 Å². The number of phenolic OH excluding ortho intramolecular Hbond substituents is 1. The first-order chi connectivity index (χ1) is 6.02. The van der Waals surface area contributed by atoms with E-state index in [1.54, 1.807) is 6.92 Å². The first-order valence-corrected chi connectivity index (χ1v) is 4.70. The second-order valence-electron chi connectivity index (χ2n) is 2.75. The van der Waals surface area contributed by atoms with Crippen molar-refractivity contribution >= 4 is 27.4 Å². The molecule has 3 nitrogen and oxygen atoms in total. The van der Waals surface area contributed by atoms with E-state index in [0.717, 1.165) is 0 Å². The van der Waals surface area contributed by atoms with Crippen molar-refractivity contribution < 1.29 is 9.90 Å². The summed E-state index contributed by atoms with van der Waals surface area (Å²) in [5.41, 5.74) is 6.31. The molecule has 0 bridgehead atoms. The summed E-state index contributed by atoms with van der Waals surface area (Å²) in [4.78, 5) is 11.2. The fourth-order valence-corrected chi connectivity index (χ4v) is 1.22. The third-order valence-electron chi connectivity index (χ3n) is 1.66. The van der Waals surface area contributed by atoms with Gasteiger partial charge in [0.05, 0.1) is 4.83 Å². The summed E-state index contributed by atoms with van der Waals surface area (Å²) in [6.45, 7) is 1.71. The number of hydrogen-bond donors (Lipinski definition) is 2. The van der Waals surface area contributed by atoms with E-state index in [0.29, 0.717) is 11.3 Å². The predicted molar refractivity (Wildman–Crippen MR) is 55.2 cm³/mol. The Morgan fingerprint density at radius 2 is 2.23 bits per heavy atom. The number of aromatic hydroxyl groups is 1. The van der Waals surface area contributed by atoms with Crippen LogP contribution in [-0.4, -0.2) is 15.7 Å². The van der Waals surface area contributed by atoms with Crippen molar-refractivity contribution in [1.29, 1.82) is 0 Å². The minimum atomic E-state index is -0.295. The van der Waals surface area contributed by atoms with Gasteiger partial charge in [0.1, 0.15) is 5.75 Å². The molecule has 1 rings (SSSR count). The van der Waals surface area contributed by atoms with E-state index in [-0.39, 0.29) is 16.4 Å². The summed E-state index contributed by atoms with van der Waals surface area (Å²) in [6, 6.07) is 4.33. The molecule has 0 amide bonds. The summed E-state index contributed by atoms with van der Waals surface area (Å²) in [6.07, 6.45) is 0. The topological polar surface area (TPSA) is 63.3 Å². The Morgan fingerprint density at radius 3 is 2.77 bits per heavy atom. The molecule has 1 unspecified atom stereocenters. The fourth-order valence-electron chi connectivity index (χ4n) is 0.972. The van der Waals surface area contributed by atoms with Crippen LogP contribution in [0.1, 0.15) is 17.3 Å². The summed E-state index contributed by atoms with van der Waals surface area (Å²) in [5, 5.41) is 9.15. The van der Waals surface area contributed by atoms with Crippen molar-refractivity contribution in [2.45, 2.75) is 11.8 Å². The second kappa shape index (κ2) is 3.79. The highest BCUT2D eigenvalue weighted by atomic mass is 79.9. The number of hydrogen-bond acceptors (Lipinski definition) is 3. The lowest BCUT2D eigenvalue weighted by Gasteiger charge is -2.06. The number of Topliss-reactive ketones (excluding diaryl/α,β-unsaturated/α-hetero) is 1. The van der Waals surface area contributed by atoms with Crippen LogP contribution in [0.25, 0.3) is 0 Å². The number of carbonyl (C=O) groups is 1. The predicted octanol–water partition coefficient (Wildman–Crippen LogP) is 1.94. The molecule has 3 N–H and O–H groups in total. The van der Waals surface area contributed by atoms with Crippen LogP contribution in [0.3, 0.4) is 0 Å². The molecule has 0 aromatic heterocycles. The standard InChI is InChI=1S/C9H10BrNO2/c1-5(10)9(13)7-4-6(12)2-3-8(7)11/h2-5,12H,11H2,1H3. The van der Waals surface area contributed by atoms with E-state index < -0.39 is 0 Å². The second-order valence-corrected chi connectivity index (χ2v) is 4.13. The van der Waals surface area contributed by atoms with Crippen LogP contribution in [-0.2, 0) is 0 Å². The van der Waals surface area contributed by atoms with E-state index in [2.05, 4.69) is 15.9 Å². The van der Waals surface area contributed by atoms with Crippen LogP contribution in [0.4, 0.5) is 5.69 Å². The first-order valence-electron chi connectivity index (χ1n) is 3.79. The lowest BCUT2D eigenvalue weighted by molar-refractivity contribution is 0.0996. The van der Waals surface area contributed by atoms with E-state index in [1.165, 1.54) is 18.2 Å². The number of alkyl halides is 1. The van der Waals surface area contributed by atoms with Crippen molar-refractivity contribution in [3.8, 4) is 5.75 Å². The fraction of sp³-hybridized carbons (Fsp3) is 0.222. The molecule has 0 aliphatic carbocycles. The molecule has 0 aliphatic rings. The Kier molecular flexibility index (Phi) is 2.93. The molecule has 0 heterocycles. The SMILES string of the molecule is CC(Br)C(=O)c1cc(O)ccc1N. The lowest BCUT2D eigenvalue weighted by atomic mass is 10.1. The van der Waals surface area contributed by atoms with Gasteiger partial charge in [0.2, 0.25) is 0 Å². The molecule has 1 aromatic rings. The maximum atomic E-state index is 11.5. The molecule has 1 atom stereocenters. The number of halogens is 1. The minimum absolute atomic E-state index is 0.0469. The van der Waals surface area contributed by atoms with Crippen molar-refractivity contribution in [2.24, 2.45) is 0 Å². The summed E-state index contributed by atoms with van der Waals surface area (Å²) >= 11 is 3.15. The van der Waals surface area contributed by atoms with Gasteiger partial charge >= 0.3 is 0 Å². The van der Waals surface area contributed by atoms with E-state index in [4.69, 9.17) is 10.8 Å². The quantitative estimate of drug-likeness (QED) is 0.361. The molecule has 0 fully saturated rings. The number of anilines is 1. The van der Waals surface area contributed by atoms with Gasteiger partial charge in [-0.3, -0.25) is 4.79 Å². The van der Waals surface area contributed by atoms with Gasteiger partial charge in [-0.2, -0.15) is 0 Å². The number of nitrogen functional groups attached to an aromatic ring is 1. The number of benzene rings is 1. The Hall–Kier alpha value is -1.03. The molecule has 0 saturated carbocycles. The van der Waals surface area contributed by atoms with Crippen LogP contribution in [0.2, 0.25) is 0 Å². The zero-order chi connectivity index (χ0) is 10.0. The zero-order valence-electron chi connectivity index (χ0n) is 7.12. The molecule has 1 aromatic carbocycles. The number of nitrogens with two attached hydrogens (primary N) is 1. The van der Waals surface area contributed by atoms with Crippen molar-refractivity contribution in [1.82, 2.24) is 0 Å². The van der Waals surface area contributed by atoms with E-state index in [9.17, 15) is 4.79 Å². The van der Waals surface area contributed by atoms with Crippen molar-refractivity contribution in [3.63, 3.8) is 0 Å². The van der Waals surface area contributed by atoms with E-state index in [1.807, 2.05) is 0 Å². The number of carbonyl (C=O) groups excluding carboxylic acids is 1. The molecular formula is C9H10BrNO2. The van der Waals surface area contributed by atoms with Gasteiger partial charge in [0.25, 0.3) is 0 Å². The van der Waals surface area contributed by atoms with E-state index >= 15 is 0 Å². The number of rotatable bonds is 2. The molecule has 0 saturated heterocycles. The largest absolute Gasteiger partial charge is 0.508 e. The normalized spacial score (nSPS) is 12.5. The highest BCUT2D eigenvalue weighted by Crippen LogP contribution is 2.21. The van der Waals surface area contributed by atoms with Crippen LogP contribution in [0.5, 0.6) is 5.75 Å². The summed E-state index contributed by atoms with van der Waals surface area (Å²) in [5.74, 6) is -0.0842. The van der Waals surface area contributed by atoms with Crippen LogP contribution in [0.15, 0.2) is 18.2 Å². The maximum absolute atomic E-state index is 11.5. The molecule has 4 heteroatoms. The first kappa shape index (κ1) is 10.1. The molecule has 0 spiro atoms. The molecule has 0 radical (unpaired) electrons. The van der Waals surface area contributed by atoms with Crippen LogP contribution >= 0.6 is 15.9 Å². The highest BCUT2D eigenvalue weighted by Gasteiger charge is 2.14. The monoisotopic (exact) mass is 243 g/mol. The molecule has 13 heavy (non-hydrogen) atoms. The van der Waals surface area contributed by atoms with Crippen molar-refractivity contribution in [3.05, 3.63) is 23.8 Å². The third-order valence-corrected chi connectivity index (χ3v) is 2.08. The smallest absolute Gasteiger partial charge is 0.178 e. The van der Waals surface area contributed by atoms with Gasteiger partial charge in [-0.05, 0) is 25.1 Å². The average Bonchev–Trinajstić information content (AvgIpc) is 2.08. The summed E-state index contributed by atoms with van der Waals surface area (Å²) in [7, 11) is 0. The van der Waals surface area contributed by atoms with Gasteiger partial charge in [0, 0.05) is 11.3 Å². The average molecular weight is 244 g/mol. The van der Waals surface area contributed by atoms with Crippen molar-refractivity contribution in [2.75, 3.05) is 5.73 Å². The summed E-state index contributed by atoms with van der Waals surface area (Å²) < 4.78 is 0. The Labute approximate surface area is 84.7 Å². The van der Waals surface area contributed by atoms with Gasteiger partial charge in [-0.15, -0.1) is 0 Å². The molecular weight excluding hydrogens is 234 g/mol. The molecule has 70 valence electrons. The van der Waals surface area contributed by atoms with Gasteiger partial charge in [-0.25, -0.2) is 0 Å². The number of phenols is 1. The Bertz CT molecular complexity index is 336. The third kappa shape index (κ3) is 2.21. The number of ketones is 1. The lowest BCUT2D eigenvalue weighted by Crippen LogP contribution is -2.12. The van der Waals surface area contributed by atoms with Gasteiger partial charge in [-0.1, -0.05) is 15.9 Å². The van der Waals surface area contributed by atoms with Crippen LogP contribution in [0, 0.1) is 0 Å². The molecule has 0 aliphatic heterocycles. The Morgan fingerprint density at radius 1 is 1.62 bits per heavy atom. The van der Waals surface area contributed by atoms with Crippen LogP contribution < -0.4 is 5.73 Å². The van der Waals surface area contributed by atoms with Gasteiger partial charge < -0.3 is 10.8 Å². The zero-order valence-corrected chi connectivity index (χ0v) is 8.71. The highest BCUT2D eigenvalue weighted by molar-refractivity contribution is 9.10.